The molecular weight excluding hydrogens is 242 g/mol. The summed E-state index contributed by atoms with van der Waals surface area (Å²) in [5.41, 5.74) is 1.35. The highest BCUT2D eigenvalue weighted by molar-refractivity contribution is 6.40. The van der Waals surface area contributed by atoms with Crippen molar-refractivity contribution >= 4 is 17.8 Å². The summed E-state index contributed by atoms with van der Waals surface area (Å²) in [6.07, 6.45) is 4.98. The molecule has 1 aromatic carbocycles. The maximum absolute atomic E-state index is 11.6. The van der Waals surface area contributed by atoms with Crippen LogP contribution in [0.5, 0.6) is 0 Å². The second kappa shape index (κ2) is 8.21. The van der Waals surface area contributed by atoms with Crippen molar-refractivity contribution in [3.8, 4) is 0 Å². The number of nitrogens with one attached hydrogen (secondary N) is 1. The number of ether oxygens (including phenoxy) is 1. The predicted octanol–water partition coefficient (Wildman–Crippen LogP) is 2.06. The van der Waals surface area contributed by atoms with E-state index < -0.39 is 11.8 Å². The number of Topliss-reactive ketones (excluding diaryl/α,β-unsaturated/α-hetero) is 1. The molecule has 4 nitrogen and oxygen atoms in total. The standard InChI is InChI=1S/C15H19NO3/c1-3-19-15(18)14(17)13-9-7-12(8-10-13)6-4-5-11-16-2/h4,6-10,16H,3,5,11H2,1-2H3. The zero-order valence-corrected chi connectivity index (χ0v) is 11.3. The molecule has 0 aliphatic heterocycles. The van der Waals surface area contributed by atoms with Gasteiger partial charge in [-0.05, 0) is 32.5 Å². The van der Waals surface area contributed by atoms with Gasteiger partial charge in [0.2, 0.25) is 0 Å². The summed E-state index contributed by atoms with van der Waals surface area (Å²) < 4.78 is 4.67. The number of esters is 1. The van der Waals surface area contributed by atoms with Gasteiger partial charge < -0.3 is 10.1 Å². The number of carbonyl (C=O) groups excluding carboxylic acids is 2. The molecule has 0 atom stereocenters. The first-order valence-electron chi connectivity index (χ1n) is 6.31. The molecule has 0 amide bonds. The zero-order chi connectivity index (χ0) is 14.1. The Kier molecular flexibility index (Phi) is 6.53. The number of hydrogen-bond acceptors (Lipinski definition) is 4. The molecule has 102 valence electrons. The lowest BCUT2D eigenvalue weighted by Gasteiger charge is -2.01. The average molecular weight is 261 g/mol. The lowest BCUT2D eigenvalue weighted by molar-refractivity contribution is -0.137. The van der Waals surface area contributed by atoms with Crippen LogP contribution in [0.25, 0.3) is 6.08 Å². The summed E-state index contributed by atoms with van der Waals surface area (Å²) in [6.45, 7) is 2.80. The third-order valence-electron chi connectivity index (χ3n) is 2.51. The summed E-state index contributed by atoms with van der Waals surface area (Å²) in [5, 5.41) is 3.06. The molecule has 0 fully saturated rings. The molecule has 0 heterocycles. The Bertz CT molecular complexity index is 449. The number of hydrogen-bond donors (Lipinski definition) is 1. The lowest BCUT2D eigenvalue weighted by Crippen LogP contribution is -2.17. The molecule has 0 aromatic heterocycles. The minimum absolute atomic E-state index is 0.205. The van der Waals surface area contributed by atoms with E-state index in [4.69, 9.17) is 0 Å². The smallest absolute Gasteiger partial charge is 0.379 e. The van der Waals surface area contributed by atoms with E-state index >= 15 is 0 Å². The molecular formula is C15H19NO3. The molecule has 0 unspecified atom stereocenters. The minimum atomic E-state index is -0.806. The summed E-state index contributed by atoms with van der Waals surface area (Å²) in [6, 6.07) is 6.89. The first kappa shape index (κ1) is 15.1. The Morgan fingerprint density at radius 3 is 2.53 bits per heavy atom. The molecule has 0 aliphatic rings. The van der Waals surface area contributed by atoms with Crippen molar-refractivity contribution < 1.29 is 14.3 Å². The molecule has 1 rings (SSSR count). The van der Waals surface area contributed by atoms with Crippen molar-refractivity contribution in [3.05, 3.63) is 41.5 Å². The second-order valence-corrected chi connectivity index (χ2v) is 3.97. The van der Waals surface area contributed by atoms with Crippen LogP contribution in [0.15, 0.2) is 30.3 Å². The minimum Gasteiger partial charge on any atom is -0.460 e. The van der Waals surface area contributed by atoms with Gasteiger partial charge in [0.1, 0.15) is 0 Å². The van der Waals surface area contributed by atoms with Crippen LogP contribution in [0.4, 0.5) is 0 Å². The maximum atomic E-state index is 11.6. The summed E-state index contributed by atoms with van der Waals surface area (Å²) >= 11 is 0. The third-order valence-corrected chi connectivity index (χ3v) is 2.51. The summed E-state index contributed by atoms with van der Waals surface area (Å²) in [5.74, 6) is -1.41. The molecule has 4 heteroatoms. The Morgan fingerprint density at radius 2 is 1.95 bits per heavy atom. The molecule has 19 heavy (non-hydrogen) atoms. The van der Waals surface area contributed by atoms with Crippen LogP contribution >= 0.6 is 0 Å². The molecule has 0 bridgehead atoms. The summed E-state index contributed by atoms with van der Waals surface area (Å²) in [4.78, 5) is 22.9. The van der Waals surface area contributed by atoms with E-state index in [-0.39, 0.29) is 6.61 Å². The number of ketones is 1. The number of rotatable bonds is 7. The summed E-state index contributed by atoms with van der Waals surface area (Å²) in [7, 11) is 1.91. The van der Waals surface area contributed by atoms with Gasteiger partial charge in [0.15, 0.2) is 0 Å². The van der Waals surface area contributed by atoms with E-state index in [1.165, 1.54) is 0 Å². The third kappa shape index (κ3) is 5.06. The Balaban J connectivity index is 2.63. The molecule has 0 aliphatic carbocycles. The van der Waals surface area contributed by atoms with Gasteiger partial charge in [-0.15, -0.1) is 0 Å². The van der Waals surface area contributed by atoms with Gasteiger partial charge in [0.25, 0.3) is 5.78 Å². The zero-order valence-electron chi connectivity index (χ0n) is 11.3. The molecule has 1 aromatic rings. The van der Waals surface area contributed by atoms with Crippen molar-refractivity contribution in [2.24, 2.45) is 0 Å². The molecule has 0 saturated heterocycles. The van der Waals surface area contributed by atoms with Crippen LogP contribution in [0.3, 0.4) is 0 Å². The average Bonchev–Trinajstić information content (AvgIpc) is 2.44. The van der Waals surface area contributed by atoms with Gasteiger partial charge in [0, 0.05) is 5.56 Å². The first-order chi connectivity index (χ1) is 9.19. The number of benzene rings is 1. The molecule has 0 spiro atoms. The highest BCUT2D eigenvalue weighted by Crippen LogP contribution is 2.08. The van der Waals surface area contributed by atoms with Crippen molar-refractivity contribution in [2.75, 3.05) is 20.2 Å². The van der Waals surface area contributed by atoms with Gasteiger partial charge in [-0.25, -0.2) is 4.79 Å². The van der Waals surface area contributed by atoms with Crippen LogP contribution in [0, 0.1) is 0 Å². The SMILES string of the molecule is CCOC(=O)C(=O)c1ccc(C=CCCNC)cc1. The first-order valence-corrected chi connectivity index (χ1v) is 6.31. The van der Waals surface area contributed by atoms with Crippen molar-refractivity contribution in [1.29, 1.82) is 0 Å². The topological polar surface area (TPSA) is 55.4 Å². The van der Waals surface area contributed by atoms with Crippen LogP contribution in [0.2, 0.25) is 0 Å². The Hall–Kier alpha value is -1.94. The van der Waals surface area contributed by atoms with E-state index in [2.05, 4.69) is 16.1 Å². The van der Waals surface area contributed by atoms with Crippen LogP contribution < -0.4 is 5.32 Å². The van der Waals surface area contributed by atoms with Gasteiger partial charge in [-0.2, -0.15) is 0 Å². The van der Waals surface area contributed by atoms with E-state index in [1.807, 2.05) is 25.3 Å². The highest BCUT2D eigenvalue weighted by atomic mass is 16.5. The van der Waals surface area contributed by atoms with Crippen molar-refractivity contribution in [3.63, 3.8) is 0 Å². The fraction of sp³-hybridized carbons (Fsp3) is 0.333. The maximum Gasteiger partial charge on any atom is 0.379 e. The van der Waals surface area contributed by atoms with E-state index in [0.717, 1.165) is 18.5 Å². The molecule has 1 N–H and O–H groups in total. The van der Waals surface area contributed by atoms with E-state index in [0.29, 0.717) is 5.56 Å². The fourth-order valence-electron chi connectivity index (χ4n) is 1.51. The normalized spacial score (nSPS) is 10.6. The quantitative estimate of drug-likeness (QED) is 0.353. The van der Waals surface area contributed by atoms with Crippen LogP contribution in [-0.2, 0) is 9.53 Å². The second-order valence-electron chi connectivity index (χ2n) is 3.97. The lowest BCUT2D eigenvalue weighted by atomic mass is 10.1. The molecule has 0 radical (unpaired) electrons. The molecule has 0 saturated carbocycles. The Morgan fingerprint density at radius 1 is 1.26 bits per heavy atom. The van der Waals surface area contributed by atoms with Gasteiger partial charge in [0.05, 0.1) is 6.61 Å². The van der Waals surface area contributed by atoms with Crippen LogP contribution in [0.1, 0.15) is 29.3 Å². The van der Waals surface area contributed by atoms with E-state index in [9.17, 15) is 9.59 Å². The number of carbonyl (C=O) groups is 2. The van der Waals surface area contributed by atoms with Gasteiger partial charge in [-0.3, -0.25) is 4.79 Å². The monoisotopic (exact) mass is 261 g/mol. The van der Waals surface area contributed by atoms with Gasteiger partial charge >= 0.3 is 5.97 Å². The predicted molar refractivity (Wildman–Crippen MR) is 75.0 cm³/mol. The highest BCUT2D eigenvalue weighted by Gasteiger charge is 2.16. The largest absolute Gasteiger partial charge is 0.460 e. The van der Waals surface area contributed by atoms with Crippen molar-refractivity contribution in [2.45, 2.75) is 13.3 Å². The van der Waals surface area contributed by atoms with Gasteiger partial charge in [-0.1, -0.05) is 36.4 Å². The Labute approximate surface area is 113 Å². The van der Waals surface area contributed by atoms with Crippen LogP contribution in [-0.4, -0.2) is 32.0 Å². The van der Waals surface area contributed by atoms with Crippen molar-refractivity contribution in [1.82, 2.24) is 5.32 Å². The van der Waals surface area contributed by atoms with E-state index in [1.54, 1.807) is 19.1 Å². The fourth-order valence-corrected chi connectivity index (χ4v) is 1.51.